The summed E-state index contributed by atoms with van der Waals surface area (Å²) in [5, 5.41) is 2.69. The van der Waals surface area contributed by atoms with Crippen molar-refractivity contribution in [1.29, 1.82) is 0 Å². The molecule has 0 aromatic heterocycles. The molecule has 2 atom stereocenters. The van der Waals surface area contributed by atoms with Crippen molar-refractivity contribution in [2.24, 2.45) is 5.92 Å². The number of likely N-dealkylation sites (tertiary alicyclic amines) is 1. The van der Waals surface area contributed by atoms with E-state index in [1.165, 1.54) is 23.1 Å². The Morgan fingerprint density at radius 2 is 2.03 bits per heavy atom. The highest BCUT2D eigenvalue weighted by Crippen LogP contribution is 2.25. The van der Waals surface area contributed by atoms with Gasteiger partial charge in [0, 0.05) is 31.0 Å². The van der Waals surface area contributed by atoms with Crippen LogP contribution in [0.1, 0.15) is 52.5 Å². The van der Waals surface area contributed by atoms with Crippen LogP contribution in [0, 0.1) is 17.6 Å². The van der Waals surface area contributed by atoms with E-state index < -0.39 is 41.2 Å². The van der Waals surface area contributed by atoms with Gasteiger partial charge in [-0.3, -0.25) is 9.59 Å². The smallest absolute Gasteiger partial charge is 0.329 e. The van der Waals surface area contributed by atoms with Crippen molar-refractivity contribution in [3.63, 3.8) is 0 Å². The normalized spacial score (nSPS) is 17.6. The number of esters is 1. The predicted octanol–water partition coefficient (Wildman–Crippen LogP) is 3.49. The Kier molecular flexibility index (Phi) is 7.92. The van der Waals surface area contributed by atoms with Gasteiger partial charge in [-0.1, -0.05) is 32.6 Å². The van der Waals surface area contributed by atoms with E-state index >= 15 is 0 Å². The molecule has 1 saturated heterocycles. The van der Waals surface area contributed by atoms with Crippen molar-refractivity contribution in [2.75, 3.05) is 0 Å². The molecular formula is C23H30F2N2O4. The van der Waals surface area contributed by atoms with Crippen LogP contribution in [-0.4, -0.2) is 40.4 Å². The Bertz CT molecular complexity index is 854. The summed E-state index contributed by atoms with van der Waals surface area (Å²) >= 11 is 0. The van der Waals surface area contributed by atoms with Gasteiger partial charge in [0.05, 0.1) is 0 Å². The number of carbonyl (C=O) groups is 3. The Morgan fingerprint density at radius 1 is 1.35 bits per heavy atom. The first-order valence-electron chi connectivity index (χ1n) is 10.3. The summed E-state index contributed by atoms with van der Waals surface area (Å²) in [5.41, 5.74) is -0.825. The van der Waals surface area contributed by atoms with Crippen LogP contribution in [0.5, 0.6) is 0 Å². The lowest BCUT2D eigenvalue weighted by atomic mass is 10.0. The van der Waals surface area contributed by atoms with Gasteiger partial charge in [-0.2, -0.15) is 0 Å². The average Bonchev–Trinajstić information content (AvgIpc) is 3.02. The predicted molar refractivity (Wildman–Crippen MR) is 112 cm³/mol. The molecule has 1 N–H and O–H groups in total. The first-order valence-corrected chi connectivity index (χ1v) is 10.3. The summed E-state index contributed by atoms with van der Waals surface area (Å²) in [5.74, 6) is -3.43. The topological polar surface area (TPSA) is 75.7 Å². The fraction of sp³-hybridized carbons (Fsp3) is 0.522. The maximum absolute atomic E-state index is 14.0. The second kappa shape index (κ2) is 10.0. The molecule has 0 spiro atoms. The lowest BCUT2D eigenvalue weighted by molar-refractivity contribution is -0.157. The highest BCUT2D eigenvalue weighted by molar-refractivity contribution is 5.86. The van der Waals surface area contributed by atoms with Crippen LogP contribution in [-0.2, 0) is 25.7 Å². The second-order valence-electron chi connectivity index (χ2n) is 8.65. The zero-order valence-corrected chi connectivity index (χ0v) is 18.4. The quantitative estimate of drug-likeness (QED) is 0.475. The first kappa shape index (κ1) is 24.5. The molecule has 31 heavy (non-hydrogen) atoms. The Labute approximate surface area is 181 Å². The van der Waals surface area contributed by atoms with Gasteiger partial charge in [0.25, 0.3) is 0 Å². The molecule has 2 amide bonds. The van der Waals surface area contributed by atoms with Crippen molar-refractivity contribution in [3.8, 4) is 0 Å². The van der Waals surface area contributed by atoms with E-state index in [1.807, 2.05) is 0 Å². The van der Waals surface area contributed by atoms with Crippen LogP contribution in [0.3, 0.4) is 0 Å². The zero-order chi connectivity index (χ0) is 23.3. The number of amides is 2. The molecule has 0 radical (unpaired) electrons. The second-order valence-corrected chi connectivity index (χ2v) is 8.65. The van der Waals surface area contributed by atoms with Crippen LogP contribution in [0.2, 0.25) is 0 Å². The van der Waals surface area contributed by atoms with Gasteiger partial charge in [0.1, 0.15) is 11.6 Å². The summed E-state index contributed by atoms with van der Waals surface area (Å²) in [4.78, 5) is 38.9. The van der Waals surface area contributed by atoms with E-state index in [2.05, 4.69) is 11.9 Å². The Hall–Kier alpha value is -2.77. The number of hydrogen-bond acceptors (Lipinski definition) is 4. The van der Waals surface area contributed by atoms with E-state index in [0.29, 0.717) is 6.42 Å². The van der Waals surface area contributed by atoms with Crippen LogP contribution in [0.25, 0.3) is 0 Å². The number of nitrogens with zero attached hydrogens (tertiary/aromatic N) is 1. The lowest BCUT2D eigenvalue weighted by Crippen LogP contribution is -2.48. The van der Waals surface area contributed by atoms with Crippen molar-refractivity contribution in [3.05, 3.63) is 48.1 Å². The largest absolute Gasteiger partial charge is 0.454 e. The Balaban J connectivity index is 2.06. The maximum Gasteiger partial charge on any atom is 0.329 e. The fourth-order valence-electron chi connectivity index (χ4n) is 3.39. The number of rotatable bonds is 9. The monoisotopic (exact) mass is 436 g/mol. The molecule has 0 aliphatic carbocycles. The van der Waals surface area contributed by atoms with E-state index in [9.17, 15) is 23.2 Å². The summed E-state index contributed by atoms with van der Waals surface area (Å²) in [7, 11) is 0. The van der Waals surface area contributed by atoms with Gasteiger partial charge in [-0.25, -0.2) is 13.6 Å². The number of hydrogen-bond donors (Lipinski definition) is 1. The molecule has 1 aliphatic rings. The van der Waals surface area contributed by atoms with Crippen LogP contribution in [0.15, 0.2) is 30.9 Å². The molecule has 1 aromatic carbocycles. The highest BCUT2D eigenvalue weighted by Gasteiger charge is 2.35. The molecule has 2 rings (SSSR count). The molecule has 0 bridgehead atoms. The van der Waals surface area contributed by atoms with E-state index in [4.69, 9.17) is 4.74 Å². The Morgan fingerprint density at radius 3 is 2.65 bits per heavy atom. The van der Waals surface area contributed by atoms with Gasteiger partial charge in [0.15, 0.2) is 11.6 Å². The molecule has 0 unspecified atom stereocenters. The highest BCUT2D eigenvalue weighted by atomic mass is 19.2. The molecule has 0 saturated carbocycles. The summed E-state index contributed by atoms with van der Waals surface area (Å²) < 4.78 is 32.9. The third-order valence-corrected chi connectivity index (χ3v) is 5.34. The molecule has 170 valence electrons. The van der Waals surface area contributed by atoms with E-state index in [-0.39, 0.29) is 36.8 Å². The summed E-state index contributed by atoms with van der Waals surface area (Å²) in [6.07, 6.45) is 2.09. The number of benzene rings is 1. The summed E-state index contributed by atoms with van der Waals surface area (Å²) in [6, 6.07) is 2.46. The minimum atomic E-state index is -1.00. The van der Waals surface area contributed by atoms with E-state index in [1.54, 1.807) is 27.7 Å². The first-order chi connectivity index (χ1) is 14.4. The van der Waals surface area contributed by atoms with Crippen molar-refractivity contribution >= 4 is 17.8 Å². The standard InChI is InChI=1S/C23H30F2N2O4/c1-6-23(4,5)31-22(30)21(14(2)3)26-18(28)12-16-10-11-19(29)27(16)13-15-8-7-9-17(24)20(15)25/h6-9,14,16,21H,1,10-13H2,2-5H3,(H,26,28)/t16-,21-/m0/s1. The molecule has 1 fully saturated rings. The zero-order valence-electron chi connectivity index (χ0n) is 18.4. The van der Waals surface area contributed by atoms with Crippen molar-refractivity contribution < 1.29 is 27.9 Å². The average molecular weight is 436 g/mol. The van der Waals surface area contributed by atoms with Gasteiger partial charge in [-0.05, 0) is 38.3 Å². The third-order valence-electron chi connectivity index (χ3n) is 5.34. The number of nitrogens with one attached hydrogen (secondary N) is 1. The molecule has 1 aromatic rings. The lowest BCUT2D eigenvalue weighted by Gasteiger charge is -2.28. The third kappa shape index (κ3) is 6.35. The SMILES string of the molecule is C=CC(C)(C)OC(=O)[C@@H](NC(=O)C[C@@H]1CCC(=O)N1Cc1cccc(F)c1F)C(C)C. The van der Waals surface area contributed by atoms with Crippen LogP contribution < -0.4 is 5.32 Å². The van der Waals surface area contributed by atoms with E-state index in [0.717, 1.165) is 6.07 Å². The fourth-order valence-corrected chi connectivity index (χ4v) is 3.39. The van der Waals surface area contributed by atoms with Crippen LogP contribution in [0.4, 0.5) is 8.78 Å². The van der Waals surface area contributed by atoms with Gasteiger partial charge in [-0.15, -0.1) is 0 Å². The minimum absolute atomic E-state index is 0.0516. The van der Waals surface area contributed by atoms with Crippen LogP contribution >= 0.6 is 0 Å². The molecule has 6 nitrogen and oxygen atoms in total. The molecular weight excluding hydrogens is 406 g/mol. The molecule has 1 aliphatic heterocycles. The van der Waals surface area contributed by atoms with Gasteiger partial charge in [0.2, 0.25) is 11.8 Å². The number of carbonyl (C=O) groups excluding carboxylic acids is 3. The number of halogens is 2. The van der Waals surface area contributed by atoms with Gasteiger partial charge >= 0.3 is 5.97 Å². The molecule has 8 heteroatoms. The minimum Gasteiger partial charge on any atom is -0.454 e. The molecule has 1 heterocycles. The summed E-state index contributed by atoms with van der Waals surface area (Å²) in [6.45, 7) is 10.4. The van der Waals surface area contributed by atoms with Crippen molar-refractivity contribution in [1.82, 2.24) is 10.2 Å². The maximum atomic E-state index is 14.0. The van der Waals surface area contributed by atoms with Gasteiger partial charge < -0.3 is 15.0 Å². The van der Waals surface area contributed by atoms with Crippen molar-refractivity contribution in [2.45, 2.75) is 71.2 Å². The number of ether oxygens (including phenoxy) is 1.